The summed E-state index contributed by atoms with van der Waals surface area (Å²) in [6.07, 6.45) is 3.01. The molecule has 5 nitrogen and oxygen atoms in total. The number of halogens is 1. The number of sulfonamides is 1. The van der Waals surface area contributed by atoms with Gasteiger partial charge in [-0.05, 0) is 37.0 Å². The summed E-state index contributed by atoms with van der Waals surface area (Å²) in [6.45, 7) is 3.05. The number of carbonyl (C=O) groups is 1. The van der Waals surface area contributed by atoms with Gasteiger partial charge in [0.1, 0.15) is 12.4 Å². The Morgan fingerprint density at radius 1 is 1.45 bits per heavy atom. The first-order valence-electron chi connectivity index (χ1n) is 7.28. The van der Waals surface area contributed by atoms with Crippen molar-refractivity contribution in [3.63, 3.8) is 0 Å². The zero-order valence-corrected chi connectivity index (χ0v) is 13.6. The van der Waals surface area contributed by atoms with Gasteiger partial charge in [0.2, 0.25) is 15.9 Å². The SMILES string of the molecule is CC1CCCN(C(=O)CN(c2cccc(F)c2)S(C)(=O)=O)C1. The lowest BCUT2D eigenvalue weighted by molar-refractivity contribution is -0.131. The van der Waals surface area contributed by atoms with E-state index >= 15 is 0 Å². The van der Waals surface area contributed by atoms with E-state index < -0.39 is 15.8 Å². The molecule has 0 saturated carbocycles. The summed E-state index contributed by atoms with van der Waals surface area (Å²) in [6, 6.07) is 5.26. The maximum Gasteiger partial charge on any atom is 0.243 e. The fourth-order valence-corrected chi connectivity index (χ4v) is 3.51. The fraction of sp³-hybridized carbons (Fsp3) is 0.533. The van der Waals surface area contributed by atoms with E-state index in [1.54, 1.807) is 4.90 Å². The first-order valence-corrected chi connectivity index (χ1v) is 9.13. The summed E-state index contributed by atoms with van der Waals surface area (Å²) >= 11 is 0. The van der Waals surface area contributed by atoms with Gasteiger partial charge >= 0.3 is 0 Å². The number of piperidine rings is 1. The molecule has 0 aliphatic carbocycles. The summed E-state index contributed by atoms with van der Waals surface area (Å²) in [5.74, 6) is -0.370. The third-order valence-corrected chi connectivity index (χ3v) is 4.93. The third kappa shape index (κ3) is 4.19. The average molecular weight is 328 g/mol. The van der Waals surface area contributed by atoms with Crippen LogP contribution in [0.1, 0.15) is 19.8 Å². The van der Waals surface area contributed by atoms with Crippen LogP contribution in [0.2, 0.25) is 0 Å². The van der Waals surface area contributed by atoms with Gasteiger partial charge in [-0.2, -0.15) is 0 Å². The number of carbonyl (C=O) groups excluding carboxylic acids is 1. The second kappa shape index (κ2) is 6.64. The van der Waals surface area contributed by atoms with Crippen LogP contribution in [0.5, 0.6) is 0 Å². The van der Waals surface area contributed by atoms with Crippen molar-refractivity contribution in [2.24, 2.45) is 5.92 Å². The van der Waals surface area contributed by atoms with Crippen molar-refractivity contribution in [1.82, 2.24) is 4.90 Å². The topological polar surface area (TPSA) is 57.7 Å². The summed E-state index contributed by atoms with van der Waals surface area (Å²) in [5.41, 5.74) is 0.168. The van der Waals surface area contributed by atoms with Gasteiger partial charge in [0.25, 0.3) is 0 Å². The van der Waals surface area contributed by atoms with E-state index in [0.29, 0.717) is 19.0 Å². The molecule has 1 amide bonds. The average Bonchev–Trinajstić information content (AvgIpc) is 2.43. The van der Waals surface area contributed by atoms with Gasteiger partial charge in [-0.1, -0.05) is 13.0 Å². The minimum absolute atomic E-state index is 0.168. The maximum absolute atomic E-state index is 13.3. The zero-order chi connectivity index (χ0) is 16.3. The van der Waals surface area contributed by atoms with Crippen LogP contribution in [0.25, 0.3) is 0 Å². The number of anilines is 1. The highest BCUT2D eigenvalue weighted by molar-refractivity contribution is 7.92. The van der Waals surface area contributed by atoms with E-state index in [9.17, 15) is 17.6 Å². The molecule has 0 radical (unpaired) electrons. The molecule has 2 rings (SSSR count). The standard InChI is InChI=1S/C15H21FN2O3S/c1-12-5-4-8-17(10-12)15(19)11-18(22(2,20)21)14-7-3-6-13(16)9-14/h3,6-7,9,12H,4-5,8,10-11H2,1-2H3. The van der Waals surface area contributed by atoms with E-state index in [2.05, 4.69) is 6.92 Å². The van der Waals surface area contributed by atoms with Crippen LogP contribution in [0, 0.1) is 11.7 Å². The number of hydrogen-bond acceptors (Lipinski definition) is 3. The molecule has 0 N–H and O–H groups in total. The predicted octanol–water partition coefficient (Wildman–Crippen LogP) is 1.85. The van der Waals surface area contributed by atoms with E-state index in [0.717, 1.165) is 29.5 Å². The van der Waals surface area contributed by atoms with Gasteiger partial charge < -0.3 is 4.90 Å². The maximum atomic E-state index is 13.3. The minimum atomic E-state index is -3.66. The Morgan fingerprint density at radius 2 is 2.18 bits per heavy atom. The lowest BCUT2D eigenvalue weighted by atomic mass is 10.0. The van der Waals surface area contributed by atoms with Crippen molar-refractivity contribution in [3.8, 4) is 0 Å². The van der Waals surface area contributed by atoms with Gasteiger partial charge in [-0.3, -0.25) is 9.10 Å². The minimum Gasteiger partial charge on any atom is -0.341 e. The van der Waals surface area contributed by atoms with Crippen molar-refractivity contribution in [1.29, 1.82) is 0 Å². The predicted molar refractivity (Wildman–Crippen MR) is 83.6 cm³/mol. The number of rotatable bonds is 4. The van der Waals surface area contributed by atoms with E-state index in [4.69, 9.17) is 0 Å². The Balaban J connectivity index is 2.19. The Bertz CT molecular complexity index is 648. The van der Waals surface area contributed by atoms with Crippen molar-refractivity contribution in [3.05, 3.63) is 30.1 Å². The van der Waals surface area contributed by atoms with E-state index in [1.165, 1.54) is 18.2 Å². The Labute approximate surface area is 130 Å². The Hall–Kier alpha value is -1.63. The molecular weight excluding hydrogens is 307 g/mol. The normalized spacial score (nSPS) is 19.0. The van der Waals surface area contributed by atoms with Gasteiger partial charge in [0, 0.05) is 13.1 Å². The number of amides is 1. The quantitative estimate of drug-likeness (QED) is 0.847. The van der Waals surface area contributed by atoms with Gasteiger partial charge in [0.15, 0.2) is 0 Å². The summed E-state index contributed by atoms with van der Waals surface area (Å²) in [4.78, 5) is 14.1. The second-order valence-corrected chi connectivity index (χ2v) is 7.74. The number of likely N-dealkylation sites (tertiary alicyclic amines) is 1. The number of nitrogens with zero attached hydrogens (tertiary/aromatic N) is 2. The van der Waals surface area contributed by atoms with Crippen LogP contribution in [-0.4, -0.2) is 45.1 Å². The van der Waals surface area contributed by atoms with Crippen LogP contribution in [0.15, 0.2) is 24.3 Å². The fourth-order valence-electron chi connectivity index (χ4n) is 2.67. The lowest BCUT2D eigenvalue weighted by Crippen LogP contribution is -2.46. The first-order chi connectivity index (χ1) is 10.3. The number of hydrogen-bond donors (Lipinski definition) is 0. The molecule has 0 spiro atoms. The van der Waals surface area contributed by atoms with E-state index in [1.807, 2.05) is 0 Å². The Morgan fingerprint density at radius 3 is 2.77 bits per heavy atom. The molecule has 1 saturated heterocycles. The van der Waals surface area contributed by atoms with Crippen molar-refractivity contribution in [2.75, 3.05) is 30.2 Å². The third-order valence-electron chi connectivity index (χ3n) is 3.79. The van der Waals surface area contributed by atoms with Crippen LogP contribution in [0.4, 0.5) is 10.1 Å². The first kappa shape index (κ1) is 16.7. The lowest BCUT2D eigenvalue weighted by Gasteiger charge is -2.33. The molecule has 1 aromatic carbocycles. The molecule has 0 aromatic heterocycles. The van der Waals surface area contributed by atoms with Gasteiger partial charge in [-0.25, -0.2) is 12.8 Å². The van der Waals surface area contributed by atoms with Crippen LogP contribution in [0.3, 0.4) is 0 Å². The summed E-state index contributed by atoms with van der Waals surface area (Å²) in [5, 5.41) is 0. The second-order valence-electron chi connectivity index (χ2n) is 5.84. The largest absolute Gasteiger partial charge is 0.341 e. The van der Waals surface area contributed by atoms with E-state index in [-0.39, 0.29) is 18.1 Å². The highest BCUT2D eigenvalue weighted by Crippen LogP contribution is 2.20. The monoisotopic (exact) mass is 328 g/mol. The number of benzene rings is 1. The molecule has 1 aliphatic rings. The van der Waals surface area contributed by atoms with Crippen LogP contribution in [-0.2, 0) is 14.8 Å². The molecule has 1 fully saturated rings. The van der Waals surface area contributed by atoms with Crippen molar-refractivity contribution >= 4 is 21.6 Å². The zero-order valence-electron chi connectivity index (χ0n) is 12.8. The Kier molecular flexibility index (Phi) is 5.05. The van der Waals surface area contributed by atoms with Crippen molar-refractivity contribution < 1.29 is 17.6 Å². The van der Waals surface area contributed by atoms with Crippen molar-refractivity contribution in [2.45, 2.75) is 19.8 Å². The molecule has 122 valence electrons. The molecule has 1 unspecified atom stereocenters. The smallest absolute Gasteiger partial charge is 0.243 e. The summed E-state index contributed by atoms with van der Waals surface area (Å²) in [7, 11) is -3.66. The molecular formula is C15H21FN2O3S. The summed E-state index contributed by atoms with van der Waals surface area (Å²) < 4.78 is 38.2. The molecule has 1 aromatic rings. The highest BCUT2D eigenvalue weighted by Gasteiger charge is 2.26. The highest BCUT2D eigenvalue weighted by atomic mass is 32.2. The van der Waals surface area contributed by atoms with Gasteiger partial charge in [0.05, 0.1) is 11.9 Å². The molecule has 1 aliphatic heterocycles. The molecule has 0 bridgehead atoms. The molecule has 22 heavy (non-hydrogen) atoms. The molecule has 1 atom stereocenters. The van der Waals surface area contributed by atoms with Crippen LogP contribution >= 0.6 is 0 Å². The molecule has 7 heteroatoms. The van der Waals surface area contributed by atoms with Crippen LogP contribution < -0.4 is 4.31 Å². The molecule has 1 heterocycles. The van der Waals surface area contributed by atoms with Gasteiger partial charge in [-0.15, -0.1) is 0 Å².